The van der Waals surface area contributed by atoms with Gasteiger partial charge in [0.15, 0.2) is 11.6 Å². The Labute approximate surface area is 232 Å². The Kier molecular flexibility index (Phi) is 8.08. The lowest BCUT2D eigenvalue weighted by Gasteiger charge is -2.38. The number of hydrogen-bond donors (Lipinski definition) is 3. The Morgan fingerprint density at radius 2 is 1.80 bits per heavy atom. The largest absolute Gasteiger partial charge is 0.388 e. The highest BCUT2D eigenvalue weighted by Crippen LogP contribution is 2.33. The van der Waals surface area contributed by atoms with Gasteiger partial charge in [-0.3, -0.25) is 19.4 Å². The number of hydrogen-bond acceptors (Lipinski definition) is 8. The molecule has 10 nitrogen and oxygen atoms in total. The molecule has 1 saturated carbocycles. The van der Waals surface area contributed by atoms with Crippen molar-refractivity contribution in [2.45, 2.75) is 74.8 Å². The van der Waals surface area contributed by atoms with Crippen molar-refractivity contribution < 1.29 is 38.1 Å². The number of nitrogens with zero attached hydrogens (tertiary/aromatic N) is 3. The second-order valence-electron chi connectivity index (χ2n) is 12.0. The predicted molar refractivity (Wildman–Crippen MR) is 138 cm³/mol. The van der Waals surface area contributed by atoms with Crippen molar-refractivity contribution in [2.24, 2.45) is 5.92 Å². The molecular formula is C28H38F2N4O6. The van der Waals surface area contributed by atoms with Crippen molar-refractivity contribution in [1.29, 1.82) is 0 Å². The van der Waals surface area contributed by atoms with Gasteiger partial charge >= 0.3 is 0 Å². The summed E-state index contributed by atoms with van der Waals surface area (Å²) in [6.07, 6.45) is -1.81. The van der Waals surface area contributed by atoms with E-state index in [1.807, 2.05) is 9.80 Å². The average molecular weight is 565 g/mol. The standard InChI is InChI=1S/C28H38F2N4O6/c29-20-4-3-17(7-21(20)30)10-32-13-19-14-33(5-6-39-19)28(38)22-8-18(12-34(22)11-16-1-2-16)31-25(35)9-23-26(36)27(37)24(15-32)40-23/h3-4,7,16,18-19,22-24,26-27,36-37H,1-2,5-6,8-15H2,(H,31,35)/t18-,19+,22-,23-,24+,26-,27+/m0/s1. The van der Waals surface area contributed by atoms with Crippen molar-refractivity contribution in [3.63, 3.8) is 0 Å². The summed E-state index contributed by atoms with van der Waals surface area (Å²) >= 11 is 0. The second kappa shape index (κ2) is 11.6. The fourth-order valence-electron chi connectivity index (χ4n) is 6.60. The second-order valence-corrected chi connectivity index (χ2v) is 12.0. The number of likely N-dealkylation sites (tertiary alicyclic amines) is 1. The number of ether oxygens (including phenoxy) is 2. The first-order chi connectivity index (χ1) is 19.2. The molecule has 4 saturated heterocycles. The lowest BCUT2D eigenvalue weighted by Crippen LogP contribution is -2.54. The van der Waals surface area contributed by atoms with Gasteiger partial charge < -0.3 is 29.9 Å². The van der Waals surface area contributed by atoms with E-state index in [9.17, 15) is 28.6 Å². The van der Waals surface area contributed by atoms with Gasteiger partial charge in [0.05, 0.1) is 37.4 Å². The highest BCUT2D eigenvalue weighted by molar-refractivity contribution is 5.83. The van der Waals surface area contributed by atoms with Crippen LogP contribution in [0.5, 0.6) is 0 Å². The van der Waals surface area contributed by atoms with E-state index < -0.39 is 36.1 Å². The molecule has 4 aliphatic heterocycles. The molecule has 0 radical (unpaired) electrons. The molecule has 1 aromatic rings. The van der Waals surface area contributed by atoms with E-state index >= 15 is 0 Å². The summed E-state index contributed by atoms with van der Waals surface area (Å²) in [5, 5.41) is 24.5. The van der Waals surface area contributed by atoms with Crippen LogP contribution in [0.25, 0.3) is 0 Å². The van der Waals surface area contributed by atoms with E-state index in [4.69, 9.17) is 9.47 Å². The van der Waals surface area contributed by atoms with E-state index in [0.717, 1.165) is 31.5 Å². The van der Waals surface area contributed by atoms with Crippen LogP contribution in [0.4, 0.5) is 8.78 Å². The third-order valence-corrected chi connectivity index (χ3v) is 8.83. The molecule has 220 valence electrons. The Hall–Kier alpha value is -2.22. The summed E-state index contributed by atoms with van der Waals surface area (Å²) in [5.41, 5.74) is 0.522. The molecule has 4 heterocycles. The molecule has 6 bridgehead atoms. The number of fused-ring (bicyclic) bond motifs is 6. The number of aliphatic hydroxyl groups excluding tert-OH is 2. The number of morpholine rings is 1. The van der Waals surface area contributed by atoms with Crippen molar-refractivity contribution in [3.8, 4) is 0 Å². The third-order valence-electron chi connectivity index (χ3n) is 8.83. The van der Waals surface area contributed by atoms with Crippen molar-refractivity contribution in [1.82, 2.24) is 20.0 Å². The Balaban J connectivity index is 1.26. The molecule has 40 heavy (non-hydrogen) atoms. The summed E-state index contributed by atoms with van der Waals surface area (Å²) in [7, 11) is 0. The van der Waals surface area contributed by atoms with Crippen LogP contribution >= 0.6 is 0 Å². The minimum absolute atomic E-state index is 0.0409. The predicted octanol–water partition coefficient (Wildman–Crippen LogP) is -0.144. The molecule has 1 aromatic carbocycles. The first-order valence-corrected chi connectivity index (χ1v) is 14.3. The number of nitrogens with one attached hydrogen (secondary N) is 1. The van der Waals surface area contributed by atoms with Crippen molar-refractivity contribution >= 4 is 11.8 Å². The molecule has 5 aliphatic rings. The SMILES string of the molecule is O=C1C[C@@H]2O[C@H](CN(Cc3ccc(F)c(F)c3)C[C@@H]3CN(CCO3)C(=O)[C@@H]3C[C@@H](CN3CC3CC3)N1)[C@@H](O)[C@H]2O. The van der Waals surface area contributed by atoms with Gasteiger partial charge in [0.1, 0.15) is 12.2 Å². The molecule has 6 rings (SSSR count). The monoisotopic (exact) mass is 564 g/mol. The molecule has 1 aliphatic carbocycles. The maximum atomic E-state index is 14.0. The quantitative estimate of drug-likeness (QED) is 0.463. The molecule has 3 N–H and O–H groups in total. The molecule has 2 amide bonds. The highest BCUT2D eigenvalue weighted by Gasteiger charge is 2.46. The molecule has 5 fully saturated rings. The molecule has 0 spiro atoms. The zero-order chi connectivity index (χ0) is 28.0. The van der Waals surface area contributed by atoms with Crippen molar-refractivity contribution in [2.75, 3.05) is 45.9 Å². The van der Waals surface area contributed by atoms with Gasteiger partial charge in [-0.05, 0) is 42.9 Å². The van der Waals surface area contributed by atoms with Gasteiger partial charge in [0, 0.05) is 51.9 Å². The molecule has 0 unspecified atom stereocenters. The smallest absolute Gasteiger partial charge is 0.240 e. The van der Waals surface area contributed by atoms with Crippen LogP contribution in [0.2, 0.25) is 0 Å². The summed E-state index contributed by atoms with van der Waals surface area (Å²) in [4.78, 5) is 32.7. The van der Waals surface area contributed by atoms with Crippen LogP contribution in [-0.4, -0.2) is 125 Å². The van der Waals surface area contributed by atoms with Gasteiger partial charge in [0.2, 0.25) is 11.8 Å². The van der Waals surface area contributed by atoms with Crippen LogP contribution in [0.15, 0.2) is 18.2 Å². The lowest BCUT2D eigenvalue weighted by molar-refractivity contribution is -0.144. The van der Waals surface area contributed by atoms with Crippen LogP contribution in [0.1, 0.15) is 31.2 Å². The minimum atomic E-state index is -1.25. The zero-order valence-corrected chi connectivity index (χ0v) is 22.5. The van der Waals surface area contributed by atoms with E-state index in [1.54, 1.807) is 0 Å². The van der Waals surface area contributed by atoms with E-state index in [-0.39, 0.29) is 49.5 Å². The average Bonchev–Trinajstić information content (AvgIpc) is 3.60. The van der Waals surface area contributed by atoms with Gasteiger partial charge in [-0.2, -0.15) is 0 Å². The molecule has 12 heteroatoms. The number of halogens is 2. The maximum Gasteiger partial charge on any atom is 0.240 e. The summed E-state index contributed by atoms with van der Waals surface area (Å²) in [6, 6.07) is 3.19. The number of carbonyl (C=O) groups is 2. The van der Waals surface area contributed by atoms with Crippen LogP contribution in [-0.2, 0) is 25.6 Å². The van der Waals surface area contributed by atoms with Crippen LogP contribution < -0.4 is 5.32 Å². The first kappa shape index (κ1) is 27.9. The Morgan fingerprint density at radius 1 is 1.00 bits per heavy atom. The van der Waals surface area contributed by atoms with Gasteiger partial charge in [-0.25, -0.2) is 8.78 Å². The van der Waals surface area contributed by atoms with Gasteiger partial charge in [0.25, 0.3) is 0 Å². The highest BCUT2D eigenvalue weighted by atomic mass is 19.2. The number of aliphatic hydroxyl groups is 2. The van der Waals surface area contributed by atoms with Crippen molar-refractivity contribution in [3.05, 3.63) is 35.4 Å². The Morgan fingerprint density at radius 3 is 2.58 bits per heavy atom. The summed E-state index contributed by atoms with van der Waals surface area (Å²) in [5.74, 6) is -1.56. The molecule has 0 aromatic heterocycles. The third kappa shape index (κ3) is 6.17. The number of benzene rings is 1. The Bertz CT molecular complexity index is 1110. The number of amides is 2. The van der Waals surface area contributed by atoms with E-state index in [2.05, 4.69) is 10.2 Å². The number of carbonyl (C=O) groups excluding carboxylic acids is 2. The first-order valence-electron chi connectivity index (χ1n) is 14.3. The fourth-order valence-corrected chi connectivity index (χ4v) is 6.60. The minimum Gasteiger partial charge on any atom is -0.388 e. The van der Waals surface area contributed by atoms with Gasteiger partial charge in [-0.1, -0.05) is 6.07 Å². The topological polar surface area (TPSA) is 115 Å². The zero-order valence-electron chi connectivity index (χ0n) is 22.5. The summed E-state index contributed by atoms with van der Waals surface area (Å²) in [6.45, 7) is 3.34. The molecule has 7 atom stereocenters. The van der Waals surface area contributed by atoms with Gasteiger partial charge in [-0.15, -0.1) is 0 Å². The summed E-state index contributed by atoms with van der Waals surface area (Å²) < 4.78 is 39.6. The van der Waals surface area contributed by atoms with Crippen LogP contribution in [0.3, 0.4) is 0 Å². The van der Waals surface area contributed by atoms with E-state index in [1.165, 1.54) is 6.07 Å². The normalized spacial score (nSPS) is 36.2. The lowest BCUT2D eigenvalue weighted by atomic mass is 10.0. The number of rotatable bonds is 4. The fraction of sp³-hybridized carbons (Fsp3) is 0.714. The van der Waals surface area contributed by atoms with Crippen LogP contribution in [0, 0.1) is 17.6 Å². The van der Waals surface area contributed by atoms with E-state index in [0.29, 0.717) is 50.7 Å². The molecular weight excluding hydrogens is 526 g/mol. The maximum absolute atomic E-state index is 14.0.